The minimum absolute atomic E-state index is 0.0156. The Labute approximate surface area is 125 Å². The van der Waals surface area contributed by atoms with E-state index in [1.807, 2.05) is 6.92 Å². The molecule has 4 rings (SSSR count). The number of hydrogen-bond donors (Lipinski definition) is 1. The number of carbonyl (C=O) groups excluding carboxylic acids is 1. The highest BCUT2D eigenvalue weighted by molar-refractivity contribution is 5.87. The van der Waals surface area contributed by atoms with Crippen LogP contribution in [0.3, 0.4) is 0 Å². The summed E-state index contributed by atoms with van der Waals surface area (Å²) in [7, 11) is 0. The van der Waals surface area contributed by atoms with Crippen LogP contribution >= 0.6 is 0 Å². The van der Waals surface area contributed by atoms with Crippen molar-refractivity contribution in [3.8, 4) is 5.75 Å². The van der Waals surface area contributed by atoms with Gasteiger partial charge in [0.1, 0.15) is 11.5 Å². The molecule has 106 valence electrons. The minimum atomic E-state index is -0.904. The van der Waals surface area contributed by atoms with Gasteiger partial charge in [-0.05, 0) is 73.0 Å². The number of hydrogen-bond acceptors (Lipinski definition) is 2. The van der Waals surface area contributed by atoms with Gasteiger partial charge in [-0.1, -0.05) is 13.0 Å². The van der Waals surface area contributed by atoms with Gasteiger partial charge in [-0.15, -0.1) is 0 Å². The number of rotatable bonds is 0. The van der Waals surface area contributed by atoms with Crippen molar-refractivity contribution in [2.75, 3.05) is 0 Å². The number of aromatic hydroxyl groups is 1. The molecular formula is C18H22O2. The van der Waals surface area contributed by atoms with Crippen LogP contribution < -0.4 is 0 Å². The molecule has 0 aromatic heterocycles. The van der Waals surface area contributed by atoms with Gasteiger partial charge >= 0.3 is 0 Å². The summed E-state index contributed by atoms with van der Waals surface area (Å²) >= 11 is 0. The van der Waals surface area contributed by atoms with Gasteiger partial charge in [-0.2, -0.15) is 0 Å². The quantitative estimate of drug-likeness (QED) is 0.783. The number of phenolic OH excluding ortho intramolecular Hbond substituents is 1. The highest BCUT2D eigenvalue weighted by Gasteiger charge is 2.54. The summed E-state index contributed by atoms with van der Waals surface area (Å²) in [5, 5.41) is 9.92. The fourth-order valence-electron chi connectivity index (χ4n) is 4.71. The maximum atomic E-state index is 12.4. The first-order valence-corrected chi connectivity index (χ1v) is 7.48. The lowest BCUT2D eigenvalue weighted by Gasteiger charge is -2.48. The van der Waals surface area contributed by atoms with Crippen LogP contribution in [0.5, 0.6) is 5.75 Å². The van der Waals surface area contributed by atoms with Gasteiger partial charge < -0.3 is 5.11 Å². The lowest BCUT2D eigenvalue weighted by molar-refractivity contribution is -0.129. The number of benzene rings is 1. The Bertz CT molecular complexity index is 734. The SMILES string of the molecule is [3H]c1cc2c(c([3H])c1O)C([3H])C([3H])[C@@H]1[C@@H]2CC[C@]2(C)C(=O)CC[C@@H]12. The van der Waals surface area contributed by atoms with Crippen LogP contribution in [-0.2, 0) is 11.2 Å². The summed E-state index contributed by atoms with van der Waals surface area (Å²) in [5.41, 5.74) is 0.831. The van der Waals surface area contributed by atoms with Gasteiger partial charge in [0.05, 0.1) is 2.74 Å². The topological polar surface area (TPSA) is 37.3 Å². The van der Waals surface area contributed by atoms with Crippen LogP contribution in [-0.4, -0.2) is 10.9 Å². The molecule has 0 heterocycles. The van der Waals surface area contributed by atoms with Crippen molar-refractivity contribution in [3.05, 3.63) is 29.3 Å². The Balaban J connectivity index is 1.87. The summed E-state index contributed by atoms with van der Waals surface area (Å²) in [5.74, 6) is -0.0493. The van der Waals surface area contributed by atoms with Gasteiger partial charge in [0.15, 0.2) is 0 Å². The standard InChI is InChI=1S/C18H22O2/c1-18-9-8-14-13-5-3-12(19)10-11(13)2-4-15(14)16(18)6-7-17(18)20/h3,5,10,14-16,19H,2,4,6-9H2,1H3/t14-,15-,16+,18+/m1/s1/i2T,3T,4T,10T/t2?,4?,14-,15-,16+,18+. The minimum Gasteiger partial charge on any atom is -0.508 e. The van der Waals surface area contributed by atoms with Crippen molar-refractivity contribution in [1.29, 1.82) is 0 Å². The Morgan fingerprint density at radius 2 is 2.35 bits per heavy atom. The number of carbonyl (C=O) groups is 1. The molecule has 2 saturated carbocycles. The van der Waals surface area contributed by atoms with Crippen molar-refractivity contribution < 1.29 is 15.4 Å². The first-order chi connectivity index (χ1) is 11.3. The van der Waals surface area contributed by atoms with Crippen LogP contribution in [0, 0.1) is 17.3 Å². The lowest BCUT2D eigenvalue weighted by Crippen LogP contribution is -2.42. The molecule has 3 aliphatic carbocycles. The van der Waals surface area contributed by atoms with Gasteiger partial charge in [-0.3, -0.25) is 4.79 Å². The van der Waals surface area contributed by atoms with E-state index >= 15 is 0 Å². The zero-order valence-electron chi connectivity index (χ0n) is 15.6. The van der Waals surface area contributed by atoms with E-state index in [1.54, 1.807) is 6.07 Å². The number of phenols is 1. The molecule has 1 aromatic carbocycles. The second kappa shape index (κ2) is 4.09. The Kier molecular flexibility index (Phi) is 1.81. The molecule has 0 saturated heterocycles. The molecule has 6 atom stereocenters. The fraction of sp³-hybridized carbons (Fsp3) is 0.611. The Morgan fingerprint density at radius 1 is 1.50 bits per heavy atom. The average molecular weight is 278 g/mol. The summed E-state index contributed by atoms with van der Waals surface area (Å²) in [6.07, 6.45) is 1.27. The van der Waals surface area contributed by atoms with E-state index in [2.05, 4.69) is 0 Å². The monoisotopic (exact) mass is 278 g/mol. The smallest absolute Gasteiger partial charge is 0.139 e. The predicted molar refractivity (Wildman–Crippen MR) is 77.7 cm³/mol. The van der Waals surface area contributed by atoms with Crippen LogP contribution in [0.15, 0.2) is 18.2 Å². The number of ketones is 1. The van der Waals surface area contributed by atoms with Crippen LogP contribution in [0.4, 0.5) is 0 Å². The van der Waals surface area contributed by atoms with E-state index in [0.29, 0.717) is 17.8 Å². The molecule has 0 amide bonds. The normalized spacial score (nSPS) is 49.2. The molecule has 2 heteroatoms. The second-order valence-electron chi connectivity index (χ2n) is 6.70. The highest BCUT2D eigenvalue weighted by Crippen LogP contribution is 2.59. The summed E-state index contributed by atoms with van der Waals surface area (Å²) in [6.45, 7) is 2.02. The van der Waals surface area contributed by atoms with E-state index in [0.717, 1.165) is 24.8 Å². The number of Topliss-reactive ketones (excluding diaryl/α,β-unsaturated/α-hetero) is 1. The van der Waals surface area contributed by atoms with E-state index in [9.17, 15) is 9.90 Å². The third kappa shape index (κ3) is 1.54. The van der Waals surface area contributed by atoms with Crippen molar-refractivity contribution in [2.24, 2.45) is 17.3 Å². The molecule has 0 aliphatic heterocycles. The molecule has 2 fully saturated rings. The first-order valence-electron chi connectivity index (χ1n) is 9.63. The van der Waals surface area contributed by atoms with Crippen molar-refractivity contribution in [2.45, 2.75) is 51.3 Å². The molecule has 0 bridgehead atoms. The van der Waals surface area contributed by atoms with E-state index < -0.39 is 18.5 Å². The molecule has 0 spiro atoms. The van der Waals surface area contributed by atoms with Crippen LogP contribution in [0.1, 0.15) is 61.5 Å². The molecule has 0 radical (unpaired) electrons. The van der Waals surface area contributed by atoms with E-state index in [1.165, 1.54) is 0 Å². The summed E-state index contributed by atoms with van der Waals surface area (Å²) in [6, 6.07) is 1.35. The fourth-order valence-corrected chi connectivity index (χ4v) is 4.71. The molecular weight excluding hydrogens is 248 g/mol. The summed E-state index contributed by atoms with van der Waals surface area (Å²) < 4.78 is 33.2. The molecule has 2 unspecified atom stereocenters. The molecule has 20 heavy (non-hydrogen) atoms. The maximum absolute atomic E-state index is 12.4. The zero-order valence-corrected chi connectivity index (χ0v) is 11.6. The largest absolute Gasteiger partial charge is 0.508 e. The number of fused-ring (bicyclic) bond motifs is 5. The lowest BCUT2D eigenvalue weighted by atomic mass is 9.55. The van der Waals surface area contributed by atoms with E-state index in [-0.39, 0.29) is 35.3 Å². The zero-order chi connectivity index (χ0) is 17.4. The first kappa shape index (κ1) is 8.86. The van der Waals surface area contributed by atoms with Gasteiger partial charge in [0.2, 0.25) is 0 Å². The molecule has 3 aliphatic rings. The molecule has 1 aromatic rings. The average Bonchev–Trinajstić information content (AvgIpc) is 2.85. The van der Waals surface area contributed by atoms with Gasteiger partial charge in [0.25, 0.3) is 0 Å². The van der Waals surface area contributed by atoms with Gasteiger partial charge in [-0.25, -0.2) is 0 Å². The third-order valence-electron chi connectivity index (χ3n) is 5.85. The predicted octanol–water partition coefficient (Wildman–Crippen LogP) is 3.82. The van der Waals surface area contributed by atoms with Crippen molar-refractivity contribution >= 4 is 5.78 Å². The van der Waals surface area contributed by atoms with Crippen molar-refractivity contribution in [3.63, 3.8) is 0 Å². The third-order valence-corrected chi connectivity index (χ3v) is 5.85. The van der Waals surface area contributed by atoms with Crippen molar-refractivity contribution in [1.82, 2.24) is 0 Å². The van der Waals surface area contributed by atoms with Crippen LogP contribution in [0.2, 0.25) is 0 Å². The Hall–Kier alpha value is -1.31. The van der Waals surface area contributed by atoms with Crippen LogP contribution in [0.25, 0.3) is 0 Å². The second-order valence-corrected chi connectivity index (χ2v) is 6.70. The summed E-state index contributed by atoms with van der Waals surface area (Å²) in [4.78, 5) is 12.4. The Morgan fingerprint density at radius 3 is 3.20 bits per heavy atom. The molecule has 2 nitrogen and oxygen atoms in total. The van der Waals surface area contributed by atoms with Gasteiger partial charge in [0, 0.05) is 14.6 Å². The van der Waals surface area contributed by atoms with E-state index in [4.69, 9.17) is 5.48 Å². The highest BCUT2D eigenvalue weighted by atomic mass is 16.3. The molecule has 1 N–H and O–H groups in total. The maximum Gasteiger partial charge on any atom is 0.139 e.